The summed E-state index contributed by atoms with van der Waals surface area (Å²) in [6.07, 6.45) is 2.60. The molecule has 4 aromatic rings. The number of fused-ring (bicyclic) bond motifs is 1. The van der Waals surface area contributed by atoms with Gasteiger partial charge in [0.25, 0.3) is 0 Å². The van der Waals surface area contributed by atoms with Crippen molar-refractivity contribution in [3.05, 3.63) is 83.8 Å². The van der Waals surface area contributed by atoms with Crippen LogP contribution in [0, 0.1) is 0 Å². The van der Waals surface area contributed by atoms with Gasteiger partial charge in [-0.3, -0.25) is 0 Å². The van der Waals surface area contributed by atoms with E-state index in [-0.39, 0.29) is 6.10 Å². The van der Waals surface area contributed by atoms with Gasteiger partial charge in [0.2, 0.25) is 11.8 Å². The van der Waals surface area contributed by atoms with Crippen molar-refractivity contribution in [2.75, 3.05) is 5.32 Å². The van der Waals surface area contributed by atoms with E-state index in [0.717, 1.165) is 5.56 Å². The number of carbonyl (C=O) groups is 1. The van der Waals surface area contributed by atoms with Gasteiger partial charge in [0, 0.05) is 16.7 Å². The van der Waals surface area contributed by atoms with Crippen molar-refractivity contribution < 1.29 is 14.4 Å². The van der Waals surface area contributed by atoms with Gasteiger partial charge < -0.3 is 20.2 Å². The molecule has 0 aliphatic carbocycles. The van der Waals surface area contributed by atoms with Gasteiger partial charge in [0.05, 0.1) is 22.8 Å². The number of amides is 2. The van der Waals surface area contributed by atoms with Crippen LogP contribution in [0.1, 0.15) is 12.5 Å². The SMILES string of the molecule is CC1ON=C(c2ccccc2)C1NC(=O)Nc1ccc(Oc2ncnc3cc(Cl)ccc23)nc1. The zero-order valence-corrected chi connectivity index (χ0v) is 18.7. The van der Waals surface area contributed by atoms with Crippen molar-refractivity contribution >= 4 is 39.9 Å². The van der Waals surface area contributed by atoms with Crippen LogP contribution in [0.2, 0.25) is 5.02 Å². The number of carbonyl (C=O) groups excluding carboxylic acids is 1. The molecule has 170 valence electrons. The fourth-order valence-electron chi connectivity index (χ4n) is 3.52. The molecule has 5 rings (SSSR count). The molecular formula is C24H19ClN6O3. The van der Waals surface area contributed by atoms with Crippen LogP contribution in [0.15, 0.2) is 78.3 Å². The van der Waals surface area contributed by atoms with E-state index in [1.165, 1.54) is 12.5 Å². The number of halogens is 1. The highest BCUT2D eigenvalue weighted by Gasteiger charge is 2.33. The third-order valence-corrected chi connectivity index (χ3v) is 5.43. The minimum atomic E-state index is -0.403. The molecule has 2 atom stereocenters. The molecule has 10 heteroatoms. The first-order chi connectivity index (χ1) is 16.6. The zero-order chi connectivity index (χ0) is 23.5. The number of aromatic nitrogens is 3. The van der Waals surface area contributed by atoms with Gasteiger partial charge in [-0.25, -0.2) is 19.7 Å². The van der Waals surface area contributed by atoms with Gasteiger partial charge in [0.1, 0.15) is 18.1 Å². The molecular weight excluding hydrogens is 456 g/mol. The van der Waals surface area contributed by atoms with E-state index in [2.05, 4.69) is 30.7 Å². The standard InChI is InChI=1S/C24H19ClN6O3/c1-14-21(22(31-34-14)15-5-3-2-4-6-15)30-24(32)29-17-8-10-20(26-12-17)33-23-18-9-7-16(25)11-19(18)27-13-28-23/h2-14,21H,1H3,(H2,29,30,32). The van der Waals surface area contributed by atoms with Crippen LogP contribution in [0.3, 0.4) is 0 Å². The molecule has 0 spiro atoms. The zero-order valence-electron chi connectivity index (χ0n) is 18.0. The third-order valence-electron chi connectivity index (χ3n) is 5.19. The highest BCUT2D eigenvalue weighted by molar-refractivity contribution is 6.31. The van der Waals surface area contributed by atoms with Gasteiger partial charge in [0.15, 0.2) is 6.10 Å². The second kappa shape index (κ2) is 9.32. The Morgan fingerprint density at radius 3 is 2.71 bits per heavy atom. The lowest BCUT2D eigenvalue weighted by Gasteiger charge is -2.18. The first-order valence-corrected chi connectivity index (χ1v) is 10.9. The highest BCUT2D eigenvalue weighted by Crippen LogP contribution is 2.27. The predicted octanol–water partition coefficient (Wildman–Crippen LogP) is 4.78. The summed E-state index contributed by atoms with van der Waals surface area (Å²) in [4.78, 5) is 30.6. The van der Waals surface area contributed by atoms with E-state index < -0.39 is 12.1 Å². The molecule has 2 N–H and O–H groups in total. The number of urea groups is 1. The van der Waals surface area contributed by atoms with Crippen molar-refractivity contribution in [3.8, 4) is 11.8 Å². The second-order valence-electron chi connectivity index (χ2n) is 7.56. The minimum Gasteiger partial charge on any atom is -0.420 e. The Morgan fingerprint density at radius 1 is 1.06 bits per heavy atom. The maximum atomic E-state index is 12.6. The summed E-state index contributed by atoms with van der Waals surface area (Å²) < 4.78 is 5.81. The van der Waals surface area contributed by atoms with Crippen LogP contribution in [0.4, 0.5) is 10.5 Å². The number of oxime groups is 1. The van der Waals surface area contributed by atoms with Gasteiger partial charge in [-0.05, 0) is 31.2 Å². The topological polar surface area (TPSA) is 111 Å². The van der Waals surface area contributed by atoms with Crippen molar-refractivity contribution in [1.29, 1.82) is 0 Å². The van der Waals surface area contributed by atoms with Crippen LogP contribution in [-0.4, -0.2) is 38.8 Å². The Labute approximate surface area is 199 Å². The number of nitrogens with one attached hydrogen (secondary N) is 2. The molecule has 1 aliphatic rings. The number of pyridine rings is 1. The van der Waals surface area contributed by atoms with E-state index in [9.17, 15) is 4.79 Å². The Kier molecular flexibility index (Phi) is 5.92. The Hall–Kier alpha value is -4.24. The maximum Gasteiger partial charge on any atom is 0.319 e. The van der Waals surface area contributed by atoms with Crippen molar-refractivity contribution in [3.63, 3.8) is 0 Å². The average molecular weight is 475 g/mol. The lowest BCUT2D eigenvalue weighted by Crippen LogP contribution is -2.47. The molecule has 0 saturated heterocycles. The van der Waals surface area contributed by atoms with E-state index in [0.29, 0.717) is 39.1 Å². The molecule has 2 aromatic heterocycles. The predicted molar refractivity (Wildman–Crippen MR) is 128 cm³/mol. The summed E-state index contributed by atoms with van der Waals surface area (Å²) >= 11 is 6.02. The molecule has 0 radical (unpaired) electrons. The Morgan fingerprint density at radius 2 is 1.91 bits per heavy atom. The van der Waals surface area contributed by atoms with E-state index in [1.54, 1.807) is 30.3 Å². The summed E-state index contributed by atoms with van der Waals surface area (Å²) in [7, 11) is 0. The van der Waals surface area contributed by atoms with Crippen LogP contribution >= 0.6 is 11.6 Å². The fourth-order valence-corrected chi connectivity index (χ4v) is 3.68. The molecule has 2 unspecified atom stereocenters. The molecule has 34 heavy (non-hydrogen) atoms. The Balaban J connectivity index is 1.24. The number of hydrogen-bond acceptors (Lipinski definition) is 7. The number of nitrogens with zero attached hydrogens (tertiary/aromatic N) is 4. The molecule has 2 aromatic carbocycles. The van der Waals surface area contributed by atoms with Crippen molar-refractivity contribution in [1.82, 2.24) is 20.3 Å². The first kappa shape index (κ1) is 21.6. The van der Waals surface area contributed by atoms with Gasteiger partial charge in [-0.2, -0.15) is 0 Å². The number of ether oxygens (including phenoxy) is 1. The summed E-state index contributed by atoms with van der Waals surface area (Å²) in [5.41, 5.74) is 2.72. The average Bonchev–Trinajstić information content (AvgIpc) is 3.20. The van der Waals surface area contributed by atoms with E-state index >= 15 is 0 Å². The summed E-state index contributed by atoms with van der Waals surface area (Å²) in [5.74, 6) is 0.674. The molecule has 0 bridgehead atoms. The van der Waals surface area contributed by atoms with Crippen LogP contribution in [0.25, 0.3) is 10.9 Å². The fraction of sp³-hybridized carbons (Fsp3) is 0.125. The molecule has 0 saturated carbocycles. The number of rotatable bonds is 5. The van der Waals surface area contributed by atoms with Crippen molar-refractivity contribution in [2.45, 2.75) is 19.1 Å². The first-order valence-electron chi connectivity index (χ1n) is 10.5. The second-order valence-corrected chi connectivity index (χ2v) is 7.99. The van der Waals surface area contributed by atoms with Crippen LogP contribution < -0.4 is 15.4 Å². The monoisotopic (exact) mass is 474 g/mol. The quantitative estimate of drug-likeness (QED) is 0.430. The van der Waals surface area contributed by atoms with Crippen LogP contribution in [-0.2, 0) is 4.84 Å². The molecule has 9 nitrogen and oxygen atoms in total. The van der Waals surface area contributed by atoms with Gasteiger partial charge >= 0.3 is 6.03 Å². The van der Waals surface area contributed by atoms with E-state index in [4.69, 9.17) is 21.2 Å². The highest BCUT2D eigenvalue weighted by atomic mass is 35.5. The Bertz CT molecular complexity index is 1360. The molecule has 0 fully saturated rings. The minimum absolute atomic E-state index is 0.299. The lowest BCUT2D eigenvalue weighted by atomic mass is 10.0. The summed E-state index contributed by atoms with van der Waals surface area (Å²) in [6, 6.07) is 17.4. The number of benzene rings is 2. The third kappa shape index (κ3) is 4.60. The van der Waals surface area contributed by atoms with E-state index in [1.807, 2.05) is 37.3 Å². The van der Waals surface area contributed by atoms with Crippen LogP contribution in [0.5, 0.6) is 11.8 Å². The normalized spacial score (nSPS) is 17.1. The summed E-state index contributed by atoms with van der Waals surface area (Å²) in [6.45, 7) is 1.85. The number of hydrogen-bond donors (Lipinski definition) is 2. The number of anilines is 1. The van der Waals surface area contributed by atoms with Gasteiger partial charge in [-0.1, -0.05) is 47.1 Å². The van der Waals surface area contributed by atoms with Gasteiger partial charge in [-0.15, -0.1) is 0 Å². The summed E-state index contributed by atoms with van der Waals surface area (Å²) in [5, 5.41) is 11.1. The maximum absolute atomic E-state index is 12.6. The molecule has 3 heterocycles. The lowest BCUT2D eigenvalue weighted by molar-refractivity contribution is 0.0866. The smallest absolute Gasteiger partial charge is 0.319 e. The molecule has 2 amide bonds. The largest absolute Gasteiger partial charge is 0.420 e. The molecule has 1 aliphatic heterocycles. The van der Waals surface area contributed by atoms with Crippen molar-refractivity contribution in [2.24, 2.45) is 5.16 Å².